The number of hydrogen-bond acceptors (Lipinski definition) is 1. The van der Waals surface area contributed by atoms with E-state index in [2.05, 4.69) is 21.2 Å². The van der Waals surface area contributed by atoms with Gasteiger partial charge >= 0.3 is 0 Å². The van der Waals surface area contributed by atoms with Crippen LogP contribution >= 0.6 is 15.9 Å². The molecule has 0 aliphatic heterocycles. The van der Waals surface area contributed by atoms with Gasteiger partial charge in [0.15, 0.2) is 0 Å². The first-order valence-electron chi connectivity index (χ1n) is 3.64. The molecule has 0 heterocycles. The summed E-state index contributed by atoms with van der Waals surface area (Å²) >= 11 is 3.36. The van der Waals surface area contributed by atoms with Gasteiger partial charge in [0.25, 0.3) is 0 Å². The third-order valence-corrected chi connectivity index (χ3v) is 2.18. The van der Waals surface area contributed by atoms with E-state index in [0.717, 1.165) is 15.7 Å². The first kappa shape index (κ1) is 9.26. The lowest BCUT2D eigenvalue weighted by Gasteiger charge is -2.07. The van der Waals surface area contributed by atoms with Crippen LogP contribution in [-0.4, -0.2) is 5.91 Å². The maximum absolute atomic E-state index is 10.8. The second kappa shape index (κ2) is 3.72. The van der Waals surface area contributed by atoms with Crippen LogP contribution in [0.25, 0.3) is 0 Å². The molecule has 0 atom stereocenters. The zero-order valence-electron chi connectivity index (χ0n) is 7.02. The average Bonchev–Trinajstić information content (AvgIpc) is 1.97. The van der Waals surface area contributed by atoms with Crippen molar-refractivity contribution >= 4 is 27.5 Å². The molecule has 1 aromatic carbocycles. The van der Waals surface area contributed by atoms with Gasteiger partial charge in [-0.2, -0.15) is 0 Å². The second-order valence-corrected chi connectivity index (χ2v) is 3.47. The third-order valence-electron chi connectivity index (χ3n) is 1.52. The Morgan fingerprint density at radius 1 is 1.50 bits per heavy atom. The summed E-state index contributed by atoms with van der Waals surface area (Å²) in [5.74, 6) is -0.0509. The van der Waals surface area contributed by atoms with Gasteiger partial charge in [-0.3, -0.25) is 4.79 Å². The number of rotatable bonds is 1. The molecule has 12 heavy (non-hydrogen) atoms. The lowest BCUT2D eigenvalue weighted by Crippen LogP contribution is -2.07. The van der Waals surface area contributed by atoms with Crippen LogP contribution < -0.4 is 5.32 Å². The van der Waals surface area contributed by atoms with Crippen molar-refractivity contribution in [2.75, 3.05) is 5.32 Å². The van der Waals surface area contributed by atoms with Crippen LogP contribution in [0.15, 0.2) is 22.7 Å². The van der Waals surface area contributed by atoms with E-state index in [1.54, 1.807) is 0 Å². The molecular weight excluding hydrogens is 218 g/mol. The van der Waals surface area contributed by atoms with Crippen LogP contribution in [0.3, 0.4) is 0 Å². The molecule has 0 aliphatic rings. The van der Waals surface area contributed by atoms with E-state index >= 15 is 0 Å². The topological polar surface area (TPSA) is 29.1 Å². The molecule has 1 amide bonds. The zero-order chi connectivity index (χ0) is 9.14. The number of anilines is 1. The van der Waals surface area contributed by atoms with Gasteiger partial charge in [0.05, 0.1) is 5.69 Å². The molecule has 1 N–H and O–H groups in total. The molecule has 0 radical (unpaired) electrons. The number of amides is 1. The Morgan fingerprint density at radius 3 is 2.67 bits per heavy atom. The summed E-state index contributed by atoms with van der Waals surface area (Å²) in [6.07, 6.45) is 0. The summed E-state index contributed by atoms with van der Waals surface area (Å²) in [6, 6.07) is 5.79. The van der Waals surface area contributed by atoms with Crippen molar-refractivity contribution in [2.24, 2.45) is 0 Å². The largest absolute Gasteiger partial charge is 0.325 e. The Kier molecular flexibility index (Phi) is 2.87. The fourth-order valence-electron chi connectivity index (χ4n) is 0.966. The fraction of sp³-hybridized carbons (Fsp3) is 0.222. The molecule has 0 aliphatic carbocycles. The highest BCUT2D eigenvalue weighted by Gasteiger charge is 2.03. The maximum Gasteiger partial charge on any atom is 0.221 e. The van der Waals surface area contributed by atoms with Crippen molar-refractivity contribution in [3.8, 4) is 0 Å². The lowest BCUT2D eigenvalue weighted by atomic mass is 10.2. The SMILES string of the molecule is CC(=O)Nc1c(C)cccc1Br. The predicted octanol–water partition coefficient (Wildman–Crippen LogP) is 2.72. The van der Waals surface area contributed by atoms with Gasteiger partial charge in [-0.05, 0) is 34.5 Å². The maximum atomic E-state index is 10.8. The smallest absolute Gasteiger partial charge is 0.221 e. The molecule has 0 saturated heterocycles. The van der Waals surface area contributed by atoms with Gasteiger partial charge < -0.3 is 5.32 Å². The van der Waals surface area contributed by atoms with E-state index in [-0.39, 0.29) is 5.91 Å². The molecule has 0 fully saturated rings. The van der Waals surface area contributed by atoms with E-state index in [1.807, 2.05) is 25.1 Å². The first-order valence-corrected chi connectivity index (χ1v) is 4.43. The minimum absolute atomic E-state index is 0.0509. The molecule has 0 unspecified atom stereocenters. The van der Waals surface area contributed by atoms with Crippen LogP contribution in [0.4, 0.5) is 5.69 Å². The van der Waals surface area contributed by atoms with E-state index in [9.17, 15) is 4.79 Å². The van der Waals surface area contributed by atoms with Crippen LogP contribution in [0.2, 0.25) is 0 Å². The summed E-state index contributed by atoms with van der Waals surface area (Å²) in [5, 5.41) is 2.76. The highest BCUT2D eigenvalue weighted by atomic mass is 79.9. The fourth-order valence-corrected chi connectivity index (χ4v) is 1.53. The van der Waals surface area contributed by atoms with E-state index < -0.39 is 0 Å². The normalized spacial score (nSPS) is 9.58. The van der Waals surface area contributed by atoms with Crippen molar-refractivity contribution in [1.82, 2.24) is 0 Å². The molecule has 0 aromatic heterocycles. The summed E-state index contributed by atoms with van der Waals surface area (Å²) < 4.78 is 0.915. The van der Waals surface area contributed by atoms with Gasteiger partial charge in [-0.25, -0.2) is 0 Å². The number of carbonyl (C=O) groups excluding carboxylic acids is 1. The lowest BCUT2D eigenvalue weighted by molar-refractivity contribution is -0.114. The Labute approximate surface area is 80.1 Å². The number of halogens is 1. The number of hydrogen-bond donors (Lipinski definition) is 1. The first-order chi connectivity index (χ1) is 5.61. The molecule has 1 aromatic rings. The van der Waals surface area contributed by atoms with E-state index in [1.165, 1.54) is 6.92 Å². The van der Waals surface area contributed by atoms with Crippen molar-refractivity contribution in [3.05, 3.63) is 28.2 Å². The summed E-state index contributed by atoms with van der Waals surface area (Å²) in [7, 11) is 0. The zero-order valence-corrected chi connectivity index (χ0v) is 8.60. The predicted molar refractivity (Wildman–Crippen MR) is 53.2 cm³/mol. The van der Waals surface area contributed by atoms with Crippen LogP contribution in [0, 0.1) is 6.92 Å². The number of aryl methyl sites for hydroxylation is 1. The minimum Gasteiger partial charge on any atom is -0.325 e. The Bertz CT molecular complexity index is 289. The van der Waals surface area contributed by atoms with Crippen LogP contribution in [-0.2, 0) is 4.79 Å². The van der Waals surface area contributed by atoms with Crippen molar-refractivity contribution in [3.63, 3.8) is 0 Å². The molecular formula is C9H10BrNO. The number of benzene rings is 1. The van der Waals surface area contributed by atoms with Gasteiger partial charge in [0.2, 0.25) is 5.91 Å². The van der Waals surface area contributed by atoms with Crippen molar-refractivity contribution in [1.29, 1.82) is 0 Å². The molecule has 0 spiro atoms. The summed E-state index contributed by atoms with van der Waals surface area (Å²) in [4.78, 5) is 10.8. The second-order valence-electron chi connectivity index (χ2n) is 2.61. The number of para-hydroxylation sites is 1. The van der Waals surface area contributed by atoms with Gasteiger partial charge in [0, 0.05) is 11.4 Å². The van der Waals surface area contributed by atoms with Crippen molar-refractivity contribution in [2.45, 2.75) is 13.8 Å². The molecule has 0 bridgehead atoms. The van der Waals surface area contributed by atoms with E-state index in [0.29, 0.717) is 0 Å². The quantitative estimate of drug-likeness (QED) is 0.786. The average molecular weight is 228 g/mol. The van der Waals surface area contributed by atoms with E-state index in [4.69, 9.17) is 0 Å². The Morgan fingerprint density at radius 2 is 2.17 bits per heavy atom. The minimum atomic E-state index is -0.0509. The van der Waals surface area contributed by atoms with Crippen molar-refractivity contribution < 1.29 is 4.79 Å². The Hall–Kier alpha value is -0.830. The molecule has 0 saturated carbocycles. The summed E-state index contributed by atoms with van der Waals surface area (Å²) in [6.45, 7) is 3.45. The Balaban J connectivity index is 3.04. The monoisotopic (exact) mass is 227 g/mol. The molecule has 2 nitrogen and oxygen atoms in total. The standard InChI is InChI=1S/C9H10BrNO/c1-6-4-3-5-8(10)9(6)11-7(2)12/h3-5H,1-2H3,(H,11,12). The molecule has 3 heteroatoms. The number of carbonyl (C=O) groups is 1. The van der Waals surface area contributed by atoms with Crippen LogP contribution in [0.5, 0.6) is 0 Å². The molecule has 1 rings (SSSR count). The summed E-state index contributed by atoms with van der Waals surface area (Å²) in [5.41, 5.74) is 1.91. The highest BCUT2D eigenvalue weighted by Crippen LogP contribution is 2.25. The number of nitrogens with one attached hydrogen (secondary N) is 1. The molecule has 64 valence electrons. The van der Waals surface area contributed by atoms with Gasteiger partial charge in [-0.15, -0.1) is 0 Å². The highest BCUT2D eigenvalue weighted by molar-refractivity contribution is 9.10. The third kappa shape index (κ3) is 2.08. The van der Waals surface area contributed by atoms with Gasteiger partial charge in [0.1, 0.15) is 0 Å². The van der Waals surface area contributed by atoms with Gasteiger partial charge in [-0.1, -0.05) is 12.1 Å². The van der Waals surface area contributed by atoms with Crippen LogP contribution in [0.1, 0.15) is 12.5 Å².